The summed E-state index contributed by atoms with van der Waals surface area (Å²) in [5.41, 5.74) is 0.242. The van der Waals surface area contributed by atoms with Gasteiger partial charge in [-0.2, -0.15) is 0 Å². The average Bonchev–Trinajstić information content (AvgIpc) is 2.56. The number of hydrogen-bond acceptors (Lipinski definition) is 4. The molecule has 1 atom stereocenters. The van der Waals surface area contributed by atoms with E-state index in [-0.39, 0.29) is 18.2 Å². The van der Waals surface area contributed by atoms with E-state index in [1.54, 1.807) is 31.7 Å². The quantitative estimate of drug-likeness (QED) is 0.863. The van der Waals surface area contributed by atoms with Gasteiger partial charge in [-0.1, -0.05) is 0 Å². The van der Waals surface area contributed by atoms with Crippen LogP contribution < -0.4 is 4.74 Å². The van der Waals surface area contributed by atoms with E-state index in [0.29, 0.717) is 17.9 Å². The molecule has 1 aliphatic rings. The number of ether oxygens (including phenoxy) is 2. The summed E-state index contributed by atoms with van der Waals surface area (Å²) in [6.45, 7) is 7.88. The van der Waals surface area contributed by atoms with Crippen molar-refractivity contribution in [1.82, 2.24) is 4.90 Å². The first-order valence-electron chi connectivity index (χ1n) is 7.16. The fourth-order valence-corrected chi connectivity index (χ4v) is 2.18. The maximum atomic E-state index is 12.3. The summed E-state index contributed by atoms with van der Waals surface area (Å²) in [6, 6.07) is 4.49. The van der Waals surface area contributed by atoms with Crippen LogP contribution in [0.3, 0.4) is 0 Å². The number of amides is 1. The van der Waals surface area contributed by atoms with Gasteiger partial charge in [-0.05, 0) is 45.9 Å². The summed E-state index contributed by atoms with van der Waals surface area (Å²) >= 11 is 0. The molecule has 120 valence electrons. The molecule has 0 aliphatic carbocycles. The van der Waals surface area contributed by atoms with Crippen LogP contribution in [0, 0.1) is 0 Å². The number of fused-ring (bicyclic) bond motifs is 1. The first kappa shape index (κ1) is 16.1. The molecule has 1 aliphatic heterocycles. The second kappa shape index (κ2) is 5.87. The number of nitrogens with zero attached hydrogens (tertiary/aromatic N) is 1. The molecule has 0 radical (unpaired) electrons. The number of carbonyl (C=O) groups excluding carboxylic acids is 1. The van der Waals surface area contributed by atoms with Crippen molar-refractivity contribution in [3.63, 3.8) is 0 Å². The van der Waals surface area contributed by atoms with Crippen LogP contribution in [0.4, 0.5) is 4.79 Å². The van der Waals surface area contributed by atoms with E-state index in [1.807, 2.05) is 6.92 Å². The molecule has 0 bridgehead atoms. The number of carbonyl (C=O) groups is 2. The van der Waals surface area contributed by atoms with Crippen LogP contribution in [0.1, 0.15) is 43.6 Å². The van der Waals surface area contributed by atoms with Crippen molar-refractivity contribution >= 4 is 12.1 Å². The Morgan fingerprint density at radius 3 is 2.64 bits per heavy atom. The lowest BCUT2D eigenvalue weighted by atomic mass is 10.1. The summed E-state index contributed by atoms with van der Waals surface area (Å²) in [7, 11) is 0. The Morgan fingerprint density at radius 1 is 1.36 bits per heavy atom. The number of benzene rings is 1. The zero-order chi connectivity index (χ0) is 16.5. The van der Waals surface area contributed by atoms with E-state index in [4.69, 9.17) is 14.6 Å². The molecule has 2 rings (SSSR count). The Bertz CT molecular complexity index is 591. The van der Waals surface area contributed by atoms with Gasteiger partial charge in [0.1, 0.15) is 18.0 Å². The average molecular weight is 307 g/mol. The van der Waals surface area contributed by atoms with Crippen molar-refractivity contribution < 1.29 is 24.2 Å². The van der Waals surface area contributed by atoms with Crippen LogP contribution in [-0.4, -0.2) is 40.3 Å². The van der Waals surface area contributed by atoms with Crippen molar-refractivity contribution in [3.05, 3.63) is 29.3 Å². The largest absolute Gasteiger partial charge is 0.491 e. The lowest BCUT2D eigenvalue weighted by molar-refractivity contribution is 0.0133. The highest BCUT2D eigenvalue weighted by molar-refractivity contribution is 5.88. The van der Waals surface area contributed by atoms with E-state index in [9.17, 15) is 9.59 Å². The summed E-state index contributed by atoms with van der Waals surface area (Å²) in [5.74, 6) is -0.410. The highest BCUT2D eigenvalue weighted by atomic mass is 16.6. The molecule has 0 saturated heterocycles. The molecule has 1 N–H and O–H groups in total. The standard InChI is InChI=1S/C16H21NO5/c1-10-9-21-13-6-5-11(14(18)19)7-12(13)8-17(10)15(20)22-16(2,3)4/h5-7,10H,8-9H2,1-4H3,(H,18,19)/t10-/m0/s1. The van der Waals surface area contributed by atoms with Crippen molar-refractivity contribution in [1.29, 1.82) is 0 Å². The number of hydrogen-bond donors (Lipinski definition) is 1. The molecule has 6 nitrogen and oxygen atoms in total. The molecule has 22 heavy (non-hydrogen) atoms. The molecule has 0 fully saturated rings. The molecular weight excluding hydrogens is 286 g/mol. The summed E-state index contributed by atoms with van der Waals surface area (Å²) < 4.78 is 11.1. The van der Waals surface area contributed by atoms with Gasteiger partial charge in [0.05, 0.1) is 18.2 Å². The zero-order valence-corrected chi connectivity index (χ0v) is 13.3. The summed E-state index contributed by atoms with van der Waals surface area (Å²) in [6.07, 6.45) is -0.433. The topological polar surface area (TPSA) is 76.1 Å². The Balaban J connectivity index is 2.28. The van der Waals surface area contributed by atoms with Crippen LogP contribution in [0.15, 0.2) is 18.2 Å². The Labute approximate surface area is 129 Å². The number of aromatic carboxylic acids is 1. The van der Waals surface area contributed by atoms with E-state index in [1.165, 1.54) is 12.1 Å². The van der Waals surface area contributed by atoms with Gasteiger partial charge in [0.15, 0.2) is 0 Å². The Kier molecular flexibility index (Phi) is 4.30. The fourth-order valence-electron chi connectivity index (χ4n) is 2.18. The molecule has 1 heterocycles. The monoisotopic (exact) mass is 307 g/mol. The van der Waals surface area contributed by atoms with E-state index >= 15 is 0 Å². The van der Waals surface area contributed by atoms with Crippen molar-refractivity contribution in [2.45, 2.75) is 45.9 Å². The Hall–Kier alpha value is -2.24. The molecule has 1 amide bonds. The van der Waals surface area contributed by atoms with Crippen LogP contribution in [0.2, 0.25) is 0 Å². The van der Waals surface area contributed by atoms with Gasteiger partial charge in [-0.25, -0.2) is 9.59 Å². The third-order valence-corrected chi connectivity index (χ3v) is 3.29. The minimum Gasteiger partial charge on any atom is -0.491 e. The minimum atomic E-state index is -1.01. The van der Waals surface area contributed by atoms with Crippen molar-refractivity contribution in [3.8, 4) is 5.75 Å². The summed E-state index contributed by atoms with van der Waals surface area (Å²) in [4.78, 5) is 25.0. The number of rotatable bonds is 1. The number of carboxylic acid groups (broad SMARTS) is 1. The van der Waals surface area contributed by atoms with Gasteiger partial charge in [-0.15, -0.1) is 0 Å². The van der Waals surface area contributed by atoms with Crippen molar-refractivity contribution in [2.24, 2.45) is 0 Å². The normalized spacial score (nSPS) is 18.0. The third-order valence-electron chi connectivity index (χ3n) is 3.29. The van der Waals surface area contributed by atoms with Gasteiger partial charge < -0.3 is 14.6 Å². The van der Waals surface area contributed by atoms with Gasteiger partial charge in [0.25, 0.3) is 0 Å². The molecule has 1 aromatic carbocycles. The van der Waals surface area contributed by atoms with Crippen LogP contribution in [0.5, 0.6) is 5.75 Å². The molecular formula is C16H21NO5. The SMILES string of the molecule is C[C@H]1COc2ccc(C(=O)O)cc2CN1C(=O)OC(C)(C)C. The van der Waals surface area contributed by atoms with E-state index in [2.05, 4.69) is 0 Å². The predicted molar refractivity (Wildman–Crippen MR) is 80.1 cm³/mol. The number of carboxylic acids is 1. The highest BCUT2D eigenvalue weighted by Gasteiger charge is 2.29. The van der Waals surface area contributed by atoms with E-state index in [0.717, 1.165) is 0 Å². The summed E-state index contributed by atoms with van der Waals surface area (Å²) in [5, 5.41) is 9.09. The second-order valence-corrected chi connectivity index (χ2v) is 6.40. The van der Waals surface area contributed by atoms with Gasteiger partial charge >= 0.3 is 12.1 Å². The lowest BCUT2D eigenvalue weighted by Gasteiger charge is -2.29. The molecule has 0 spiro atoms. The minimum absolute atomic E-state index is 0.168. The fraction of sp³-hybridized carbons (Fsp3) is 0.500. The highest BCUT2D eigenvalue weighted by Crippen LogP contribution is 2.27. The van der Waals surface area contributed by atoms with Gasteiger partial charge in [-0.3, -0.25) is 4.90 Å². The van der Waals surface area contributed by atoms with E-state index < -0.39 is 17.7 Å². The predicted octanol–water partition coefficient (Wildman–Crippen LogP) is 2.90. The first-order valence-corrected chi connectivity index (χ1v) is 7.16. The molecule has 6 heteroatoms. The maximum Gasteiger partial charge on any atom is 0.410 e. The smallest absolute Gasteiger partial charge is 0.410 e. The van der Waals surface area contributed by atoms with Crippen LogP contribution in [0.25, 0.3) is 0 Å². The van der Waals surface area contributed by atoms with Crippen LogP contribution >= 0.6 is 0 Å². The lowest BCUT2D eigenvalue weighted by Crippen LogP contribution is -2.42. The van der Waals surface area contributed by atoms with Gasteiger partial charge in [0, 0.05) is 5.56 Å². The molecule has 0 saturated carbocycles. The Morgan fingerprint density at radius 2 is 2.05 bits per heavy atom. The maximum absolute atomic E-state index is 12.3. The second-order valence-electron chi connectivity index (χ2n) is 6.40. The van der Waals surface area contributed by atoms with Crippen molar-refractivity contribution in [2.75, 3.05) is 6.61 Å². The first-order chi connectivity index (χ1) is 10.2. The molecule has 1 aromatic rings. The molecule has 0 aromatic heterocycles. The van der Waals surface area contributed by atoms with Crippen LogP contribution in [-0.2, 0) is 11.3 Å². The zero-order valence-electron chi connectivity index (χ0n) is 13.3. The third kappa shape index (κ3) is 3.69. The molecule has 0 unspecified atom stereocenters. The van der Waals surface area contributed by atoms with Gasteiger partial charge in [0.2, 0.25) is 0 Å².